The molecule has 0 unspecified atom stereocenters. The molecule has 0 spiro atoms. The molecule has 1 aliphatic rings. The summed E-state index contributed by atoms with van der Waals surface area (Å²) in [5, 5.41) is 18.1. The predicted molar refractivity (Wildman–Crippen MR) is 97.4 cm³/mol. The van der Waals surface area contributed by atoms with Crippen LogP contribution in [-0.4, -0.2) is 33.2 Å². The van der Waals surface area contributed by atoms with Crippen molar-refractivity contribution in [3.63, 3.8) is 0 Å². The molecular weight excluding hydrogens is 417 g/mol. The van der Waals surface area contributed by atoms with Crippen LogP contribution in [0.4, 0.5) is 13.2 Å². The van der Waals surface area contributed by atoms with Crippen LogP contribution >= 0.6 is 23.4 Å². The van der Waals surface area contributed by atoms with E-state index >= 15 is 0 Å². The zero-order valence-corrected chi connectivity index (χ0v) is 15.4. The molecule has 28 heavy (non-hydrogen) atoms. The van der Waals surface area contributed by atoms with Gasteiger partial charge in [-0.3, -0.25) is 5.10 Å². The van der Waals surface area contributed by atoms with Crippen LogP contribution in [0.3, 0.4) is 0 Å². The van der Waals surface area contributed by atoms with Crippen molar-refractivity contribution < 1.29 is 17.6 Å². The van der Waals surface area contributed by atoms with Crippen LogP contribution in [0.1, 0.15) is 5.56 Å². The number of aromatic nitrogens is 3. The maximum atomic E-state index is 13.0. The topological polar surface area (TPSA) is 91.8 Å². The number of thioether (sulfide) groups is 1. The third-order valence-corrected chi connectivity index (χ3v) is 4.98. The minimum atomic E-state index is -4.55. The minimum Gasteiger partial charge on any atom is -0.453 e. The number of furan rings is 1. The van der Waals surface area contributed by atoms with Gasteiger partial charge in [0.25, 0.3) is 0 Å². The zero-order valence-electron chi connectivity index (χ0n) is 13.9. The van der Waals surface area contributed by atoms with Gasteiger partial charge < -0.3 is 4.42 Å². The standard InChI is InChI=1S/C16H10ClF3N6OS/c17-11-2-1-8(5-10(11)16(18,19)20)12-3-4-13(27-12)14-22-15(25-24-14)28-7-9-6-21-26-23-9/h1-5H,6-7H2,(H,22,24,25). The van der Waals surface area contributed by atoms with E-state index in [4.69, 9.17) is 16.0 Å². The summed E-state index contributed by atoms with van der Waals surface area (Å²) in [5.74, 6) is 1.52. The molecule has 0 saturated heterocycles. The maximum Gasteiger partial charge on any atom is 0.417 e. The van der Waals surface area contributed by atoms with Gasteiger partial charge in [-0.05, 0) is 35.6 Å². The fourth-order valence-corrected chi connectivity index (χ4v) is 3.33. The Balaban J connectivity index is 1.52. The second kappa shape index (κ2) is 7.40. The molecule has 0 amide bonds. The summed E-state index contributed by atoms with van der Waals surface area (Å²) in [6.07, 6.45) is -4.55. The number of nitrogens with one attached hydrogen (secondary N) is 1. The third-order valence-electron chi connectivity index (χ3n) is 3.73. The highest BCUT2D eigenvalue weighted by Crippen LogP contribution is 2.38. The number of hydrogen-bond donors (Lipinski definition) is 1. The number of hydrogen-bond acceptors (Lipinski definition) is 7. The Hall–Kier alpha value is -2.66. The van der Waals surface area contributed by atoms with Crippen LogP contribution < -0.4 is 0 Å². The van der Waals surface area contributed by atoms with Crippen molar-refractivity contribution in [1.82, 2.24) is 15.2 Å². The first-order chi connectivity index (χ1) is 13.4. The second-order valence-electron chi connectivity index (χ2n) is 5.67. The molecule has 7 nitrogen and oxygen atoms in total. The molecule has 0 saturated carbocycles. The molecule has 3 aromatic rings. The Morgan fingerprint density at radius 1 is 1.18 bits per heavy atom. The predicted octanol–water partition coefficient (Wildman–Crippen LogP) is 5.32. The van der Waals surface area contributed by atoms with Gasteiger partial charge in [-0.2, -0.15) is 23.3 Å². The Bertz CT molecular complexity index is 1070. The molecule has 3 heterocycles. The highest BCUT2D eigenvalue weighted by atomic mass is 35.5. The van der Waals surface area contributed by atoms with Crippen LogP contribution in [-0.2, 0) is 6.18 Å². The molecule has 1 aromatic carbocycles. The van der Waals surface area contributed by atoms with E-state index in [1.807, 2.05) is 0 Å². The van der Waals surface area contributed by atoms with Crippen LogP contribution in [0.5, 0.6) is 0 Å². The number of benzene rings is 1. The fourth-order valence-electron chi connectivity index (χ4n) is 2.40. The summed E-state index contributed by atoms with van der Waals surface area (Å²) < 4.78 is 44.8. The molecule has 2 aromatic heterocycles. The van der Waals surface area contributed by atoms with Gasteiger partial charge >= 0.3 is 6.18 Å². The number of rotatable bonds is 5. The molecule has 144 valence electrons. The van der Waals surface area contributed by atoms with Crippen molar-refractivity contribution in [3.05, 3.63) is 40.9 Å². The van der Waals surface area contributed by atoms with E-state index in [2.05, 4.69) is 30.6 Å². The van der Waals surface area contributed by atoms with Gasteiger partial charge in [0.2, 0.25) is 5.16 Å². The summed E-state index contributed by atoms with van der Waals surface area (Å²) in [7, 11) is 0. The third kappa shape index (κ3) is 3.94. The molecule has 0 aliphatic carbocycles. The largest absolute Gasteiger partial charge is 0.453 e. The number of alkyl halides is 3. The lowest BCUT2D eigenvalue weighted by Crippen LogP contribution is -2.05. The fraction of sp³-hybridized carbons (Fsp3) is 0.188. The van der Waals surface area contributed by atoms with E-state index in [9.17, 15) is 13.2 Å². The Kier molecular flexibility index (Phi) is 4.94. The van der Waals surface area contributed by atoms with E-state index < -0.39 is 11.7 Å². The van der Waals surface area contributed by atoms with Gasteiger partial charge in [0.15, 0.2) is 11.6 Å². The number of aromatic amines is 1. The zero-order chi connectivity index (χ0) is 19.7. The van der Waals surface area contributed by atoms with Crippen LogP contribution in [0.2, 0.25) is 5.02 Å². The number of H-pyrrole nitrogens is 1. The van der Waals surface area contributed by atoms with Gasteiger partial charge in [0, 0.05) is 11.3 Å². The van der Waals surface area contributed by atoms with E-state index in [-0.39, 0.29) is 16.3 Å². The van der Waals surface area contributed by atoms with Crippen LogP contribution in [0.15, 0.2) is 55.3 Å². The summed E-state index contributed by atoms with van der Waals surface area (Å²) >= 11 is 7.01. The summed E-state index contributed by atoms with van der Waals surface area (Å²) in [6.45, 7) is 0.465. The van der Waals surface area contributed by atoms with Gasteiger partial charge in [-0.1, -0.05) is 23.4 Å². The van der Waals surface area contributed by atoms with Crippen molar-refractivity contribution in [3.8, 4) is 22.9 Å². The average molecular weight is 427 g/mol. The first-order valence-corrected chi connectivity index (χ1v) is 9.21. The molecule has 0 bridgehead atoms. The summed E-state index contributed by atoms with van der Waals surface area (Å²) in [5.41, 5.74) is 0.153. The first-order valence-electron chi connectivity index (χ1n) is 7.85. The Morgan fingerprint density at radius 2 is 2.00 bits per heavy atom. The highest BCUT2D eigenvalue weighted by Gasteiger charge is 2.33. The summed E-state index contributed by atoms with van der Waals surface area (Å²) in [6, 6.07) is 6.76. The molecular formula is C16H10ClF3N6OS. The quantitative estimate of drug-likeness (QED) is 0.559. The lowest BCUT2D eigenvalue weighted by Gasteiger charge is -2.09. The van der Waals surface area contributed by atoms with Gasteiger partial charge in [0.05, 0.1) is 16.3 Å². The van der Waals surface area contributed by atoms with Crippen molar-refractivity contribution in [2.75, 3.05) is 12.3 Å². The van der Waals surface area contributed by atoms with E-state index in [0.717, 1.165) is 11.8 Å². The smallest absolute Gasteiger partial charge is 0.417 e. The van der Waals surface area contributed by atoms with Gasteiger partial charge in [-0.15, -0.1) is 10.2 Å². The minimum absolute atomic E-state index is 0.254. The molecule has 12 heteroatoms. The van der Waals surface area contributed by atoms with E-state index in [1.165, 1.54) is 23.9 Å². The Labute approximate surface area is 165 Å². The van der Waals surface area contributed by atoms with E-state index in [1.54, 1.807) is 12.1 Å². The molecule has 1 N–H and O–H groups in total. The molecule has 0 fully saturated rings. The lowest BCUT2D eigenvalue weighted by atomic mass is 10.1. The Morgan fingerprint density at radius 3 is 2.75 bits per heavy atom. The van der Waals surface area contributed by atoms with Gasteiger partial charge in [0.1, 0.15) is 12.3 Å². The number of nitrogens with zero attached hydrogens (tertiary/aromatic N) is 5. The van der Waals surface area contributed by atoms with Crippen LogP contribution in [0.25, 0.3) is 22.9 Å². The molecule has 0 radical (unpaired) electrons. The molecule has 1 aliphatic heterocycles. The maximum absolute atomic E-state index is 13.0. The number of halogens is 4. The van der Waals surface area contributed by atoms with Crippen molar-refractivity contribution in [1.29, 1.82) is 0 Å². The normalized spacial score (nSPS) is 13.9. The van der Waals surface area contributed by atoms with Crippen molar-refractivity contribution in [2.24, 2.45) is 15.4 Å². The molecule has 4 rings (SSSR count). The monoisotopic (exact) mass is 426 g/mol. The van der Waals surface area contributed by atoms with E-state index in [0.29, 0.717) is 29.0 Å². The average Bonchev–Trinajstić information content (AvgIpc) is 3.40. The van der Waals surface area contributed by atoms with Crippen molar-refractivity contribution in [2.45, 2.75) is 11.3 Å². The van der Waals surface area contributed by atoms with Gasteiger partial charge in [-0.25, -0.2) is 0 Å². The lowest BCUT2D eigenvalue weighted by molar-refractivity contribution is -0.137. The highest BCUT2D eigenvalue weighted by molar-refractivity contribution is 7.99. The molecule has 0 atom stereocenters. The van der Waals surface area contributed by atoms with Crippen molar-refractivity contribution >= 4 is 29.1 Å². The second-order valence-corrected chi connectivity index (χ2v) is 7.02. The van der Waals surface area contributed by atoms with Crippen LogP contribution in [0, 0.1) is 0 Å². The SMILES string of the molecule is FC(F)(F)c1cc(-c2ccc(-c3nc(SCC4=NN=NC4)n[nH]3)o2)ccc1Cl. The summed E-state index contributed by atoms with van der Waals surface area (Å²) in [4.78, 5) is 4.30. The first kappa shape index (κ1) is 18.7.